The molecular weight excluding hydrogens is 473 g/mol. The first-order chi connectivity index (χ1) is 17.0. The predicted octanol–water partition coefficient (Wildman–Crippen LogP) is 4.88. The number of ether oxygens (including phenoxy) is 2. The maximum atomic E-state index is 14.2. The van der Waals surface area contributed by atoms with Crippen LogP contribution in [0, 0.1) is 5.82 Å². The highest BCUT2D eigenvalue weighted by molar-refractivity contribution is 7.99. The van der Waals surface area contributed by atoms with Crippen LogP contribution in [0.4, 0.5) is 4.39 Å². The molecule has 0 aliphatic carbocycles. The zero-order valence-corrected chi connectivity index (χ0v) is 18.8. The van der Waals surface area contributed by atoms with Gasteiger partial charge in [-0.15, -0.1) is 0 Å². The normalized spacial score (nSPS) is 12.5. The van der Waals surface area contributed by atoms with E-state index in [9.17, 15) is 19.1 Å². The highest BCUT2D eigenvalue weighted by Gasteiger charge is 2.25. The van der Waals surface area contributed by atoms with E-state index in [4.69, 9.17) is 13.9 Å². The molecule has 6 rings (SSSR count). The van der Waals surface area contributed by atoms with Crippen LogP contribution in [0.3, 0.4) is 0 Å². The van der Waals surface area contributed by atoms with Crippen LogP contribution in [0.2, 0.25) is 0 Å². The molecular formula is C26H16FNO6S. The number of fused-ring (bicyclic) bond motifs is 4. The van der Waals surface area contributed by atoms with Gasteiger partial charge in [-0.3, -0.25) is 4.79 Å². The van der Waals surface area contributed by atoms with E-state index in [1.165, 1.54) is 22.8 Å². The van der Waals surface area contributed by atoms with Gasteiger partial charge in [0, 0.05) is 16.3 Å². The lowest BCUT2D eigenvalue weighted by Crippen LogP contribution is -2.22. The SMILES string of the molecule is O=c1oc2c(c(O)c1Sc1ccccc1F)c(=O)n(Cc1ccccc1)c1cc3c(cc21)OCO3. The second-order valence-corrected chi connectivity index (χ2v) is 8.96. The Morgan fingerprint density at radius 3 is 2.46 bits per heavy atom. The van der Waals surface area contributed by atoms with Gasteiger partial charge in [-0.2, -0.15) is 0 Å². The third-order valence-corrected chi connectivity index (χ3v) is 6.89. The molecule has 0 saturated carbocycles. The molecule has 5 aromatic rings. The van der Waals surface area contributed by atoms with Crippen molar-refractivity contribution in [2.75, 3.05) is 6.79 Å². The Balaban J connectivity index is 1.66. The fourth-order valence-electron chi connectivity index (χ4n) is 4.13. The van der Waals surface area contributed by atoms with Gasteiger partial charge >= 0.3 is 5.63 Å². The molecule has 3 heterocycles. The summed E-state index contributed by atoms with van der Waals surface area (Å²) in [6.45, 7) is 0.214. The highest BCUT2D eigenvalue weighted by Crippen LogP contribution is 2.41. The lowest BCUT2D eigenvalue weighted by atomic mass is 10.1. The molecule has 1 N–H and O–H groups in total. The first kappa shape index (κ1) is 21.3. The summed E-state index contributed by atoms with van der Waals surface area (Å²) in [6.07, 6.45) is 0. The van der Waals surface area contributed by atoms with Crippen molar-refractivity contribution < 1.29 is 23.4 Å². The number of halogens is 1. The maximum absolute atomic E-state index is 14.2. The van der Waals surface area contributed by atoms with Crippen molar-refractivity contribution in [2.45, 2.75) is 16.3 Å². The van der Waals surface area contributed by atoms with E-state index in [0.29, 0.717) is 34.2 Å². The minimum Gasteiger partial charge on any atom is -0.505 e. The third-order valence-electron chi connectivity index (χ3n) is 5.78. The van der Waals surface area contributed by atoms with Gasteiger partial charge in [-0.05, 0) is 23.8 Å². The molecule has 7 nitrogen and oxygen atoms in total. The van der Waals surface area contributed by atoms with E-state index in [1.54, 1.807) is 18.2 Å². The van der Waals surface area contributed by atoms with Gasteiger partial charge in [-0.25, -0.2) is 9.18 Å². The Morgan fingerprint density at radius 1 is 0.971 bits per heavy atom. The number of hydrogen-bond acceptors (Lipinski definition) is 7. The second-order valence-electron chi connectivity index (χ2n) is 7.90. The van der Waals surface area contributed by atoms with Gasteiger partial charge in [0.2, 0.25) is 6.79 Å². The molecule has 35 heavy (non-hydrogen) atoms. The Labute approximate surface area is 201 Å². The summed E-state index contributed by atoms with van der Waals surface area (Å²) in [5.74, 6) is -0.244. The third kappa shape index (κ3) is 3.52. The Hall–Kier alpha value is -4.24. The number of nitrogens with zero attached hydrogens (tertiary/aromatic N) is 1. The van der Waals surface area contributed by atoms with Gasteiger partial charge in [0.1, 0.15) is 16.1 Å². The largest absolute Gasteiger partial charge is 0.505 e. The molecule has 0 atom stereocenters. The molecule has 9 heteroatoms. The topological polar surface area (TPSA) is 90.9 Å². The van der Waals surface area contributed by atoms with Crippen molar-refractivity contribution in [3.63, 3.8) is 0 Å². The van der Waals surface area contributed by atoms with Crippen LogP contribution in [0.25, 0.3) is 21.9 Å². The number of hydrogen-bond donors (Lipinski definition) is 1. The van der Waals surface area contributed by atoms with Crippen molar-refractivity contribution in [3.05, 3.63) is 98.9 Å². The monoisotopic (exact) mass is 489 g/mol. The average molecular weight is 489 g/mol. The quantitative estimate of drug-likeness (QED) is 0.360. The average Bonchev–Trinajstić information content (AvgIpc) is 3.32. The van der Waals surface area contributed by atoms with E-state index in [0.717, 1.165) is 5.56 Å². The van der Waals surface area contributed by atoms with Crippen LogP contribution >= 0.6 is 11.8 Å². The molecule has 3 aromatic carbocycles. The summed E-state index contributed by atoms with van der Waals surface area (Å²) in [5, 5.41) is 11.4. The van der Waals surface area contributed by atoms with Crippen LogP contribution in [0.1, 0.15) is 5.56 Å². The van der Waals surface area contributed by atoms with Gasteiger partial charge in [-0.1, -0.05) is 54.2 Å². The second kappa shape index (κ2) is 8.21. The molecule has 0 unspecified atom stereocenters. The van der Waals surface area contributed by atoms with E-state index in [1.807, 2.05) is 30.3 Å². The van der Waals surface area contributed by atoms with Gasteiger partial charge in [0.25, 0.3) is 5.56 Å². The van der Waals surface area contributed by atoms with Crippen LogP contribution in [-0.2, 0) is 6.54 Å². The number of aromatic hydroxyl groups is 1. The molecule has 1 aliphatic heterocycles. The first-order valence-electron chi connectivity index (χ1n) is 10.6. The molecule has 1 aliphatic rings. The lowest BCUT2D eigenvalue weighted by molar-refractivity contribution is 0.174. The van der Waals surface area contributed by atoms with Gasteiger partial charge in [0.05, 0.1) is 12.1 Å². The van der Waals surface area contributed by atoms with Crippen LogP contribution in [0.15, 0.2) is 90.5 Å². The zero-order valence-electron chi connectivity index (χ0n) is 18.0. The summed E-state index contributed by atoms with van der Waals surface area (Å²) in [5.41, 5.74) is -0.222. The minimum absolute atomic E-state index is 0.0190. The van der Waals surface area contributed by atoms with Crippen molar-refractivity contribution >= 4 is 33.6 Å². The molecule has 174 valence electrons. The number of rotatable bonds is 4. The van der Waals surface area contributed by atoms with E-state index in [2.05, 4.69) is 0 Å². The Kier molecular flexibility index (Phi) is 5.00. The zero-order chi connectivity index (χ0) is 24.1. The molecule has 0 spiro atoms. The summed E-state index contributed by atoms with van der Waals surface area (Å²) in [6, 6.07) is 18.4. The van der Waals surface area contributed by atoms with E-state index < -0.39 is 22.8 Å². The van der Waals surface area contributed by atoms with Crippen LogP contribution in [-0.4, -0.2) is 16.5 Å². The smallest absolute Gasteiger partial charge is 0.354 e. The van der Waals surface area contributed by atoms with Crippen molar-refractivity contribution in [3.8, 4) is 17.2 Å². The molecule has 0 fully saturated rings. The standard InChI is InChI=1S/C26H16FNO6S/c27-16-8-4-5-9-20(16)35-24-22(29)21-23(34-26(24)31)15-10-18-19(33-13-32-18)11-17(15)28(25(21)30)12-14-6-2-1-3-7-14/h1-11,29H,12-13H2. The van der Waals surface area contributed by atoms with Crippen molar-refractivity contribution in [2.24, 2.45) is 0 Å². The maximum Gasteiger partial charge on any atom is 0.354 e. The molecule has 2 aromatic heterocycles. The Bertz CT molecular complexity index is 1750. The summed E-state index contributed by atoms with van der Waals surface area (Å²) >= 11 is 0.702. The lowest BCUT2D eigenvalue weighted by Gasteiger charge is -2.15. The van der Waals surface area contributed by atoms with E-state index >= 15 is 0 Å². The van der Waals surface area contributed by atoms with E-state index in [-0.39, 0.29) is 34.1 Å². The number of aromatic nitrogens is 1. The molecule has 0 saturated heterocycles. The fourth-order valence-corrected chi connectivity index (χ4v) is 4.98. The first-order valence-corrected chi connectivity index (χ1v) is 11.4. The molecule has 0 radical (unpaired) electrons. The van der Waals surface area contributed by atoms with Gasteiger partial charge < -0.3 is 23.6 Å². The molecule has 0 bridgehead atoms. The fraction of sp³-hybridized carbons (Fsp3) is 0.0769. The molecule has 0 amide bonds. The highest BCUT2D eigenvalue weighted by atomic mass is 32.2. The summed E-state index contributed by atoms with van der Waals surface area (Å²) < 4.78 is 32.3. The summed E-state index contributed by atoms with van der Waals surface area (Å²) in [4.78, 5) is 26.5. The van der Waals surface area contributed by atoms with Crippen molar-refractivity contribution in [1.29, 1.82) is 0 Å². The van der Waals surface area contributed by atoms with Crippen LogP contribution in [0.5, 0.6) is 17.2 Å². The Morgan fingerprint density at radius 2 is 1.69 bits per heavy atom. The van der Waals surface area contributed by atoms with Crippen molar-refractivity contribution in [1.82, 2.24) is 4.57 Å². The summed E-state index contributed by atoms with van der Waals surface area (Å²) in [7, 11) is 0. The minimum atomic E-state index is -0.887. The number of benzene rings is 3. The predicted molar refractivity (Wildman–Crippen MR) is 128 cm³/mol. The van der Waals surface area contributed by atoms with Crippen LogP contribution < -0.4 is 20.7 Å². The number of pyridine rings is 1. The van der Waals surface area contributed by atoms with Gasteiger partial charge in [0.15, 0.2) is 22.8 Å².